The molecule has 0 spiro atoms. The van der Waals surface area contributed by atoms with Crippen LogP contribution >= 0.6 is 0 Å². The maximum Gasteiger partial charge on any atom is 0.223 e. The highest BCUT2D eigenvalue weighted by atomic mass is 16.2. The lowest BCUT2D eigenvalue weighted by atomic mass is 9.91. The van der Waals surface area contributed by atoms with Gasteiger partial charge in [-0.25, -0.2) is 0 Å². The van der Waals surface area contributed by atoms with Crippen LogP contribution in [0.25, 0.3) is 0 Å². The second-order valence-corrected chi connectivity index (χ2v) is 6.37. The normalized spacial score (nSPS) is 26.4. The van der Waals surface area contributed by atoms with E-state index in [1.165, 1.54) is 6.42 Å². The standard InChI is InChI=1S/C15H30N2O/c1-11(2)8-14(10-16)9-15(18)17-12(3)6-5-7-13(17)4/h11-14H,5-10,16H2,1-4H3/t12-,13+,14?. The third-order valence-electron chi connectivity index (χ3n) is 4.08. The molecule has 1 fully saturated rings. The van der Waals surface area contributed by atoms with Gasteiger partial charge in [-0.15, -0.1) is 0 Å². The predicted octanol–water partition coefficient (Wildman–Crippen LogP) is 2.79. The van der Waals surface area contributed by atoms with Gasteiger partial charge in [-0.1, -0.05) is 13.8 Å². The fourth-order valence-corrected chi connectivity index (χ4v) is 3.19. The summed E-state index contributed by atoms with van der Waals surface area (Å²) in [4.78, 5) is 14.5. The van der Waals surface area contributed by atoms with Crippen molar-refractivity contribution in [2.75, 3.05) is 6.54 Å². The molecule has 0 aromatic carbocycles. The van der Waals surface area contributed by atoms with Gasteiger partial charge in [-0.05, 0) is 57.9 Å². The Kier molecular flexibility index (Phi) is 6.13. The average molecular weight is 254 g/mol. The summed E-state index contributed by atoms with van der Waals surface area (Å²) in [7, 11) is 0. The molecular weight excluding hydrogens is 224 g/mol. The quantitative estimate of drug-likeness (QED) is 0.820. The van der Waals surface area contributed by atoms with E-state index in [0.29, 0.717) is 42.8 Å². The number of piperidine rings is 1. The largest absolute Gasteiger partial charge is 0.337 e. The van der Waals surface area contributed by atoms with E-state index in [1.54, 1.807) is 0 Å². The van der Waals surface area contributed by atoms with Crippen LogP contribution in [0.5, 0.6) is 0 Å². The summed E-state index contributed by atoms with van der Waals surface area (Å²) in [5.41, 5.74) is 5.80. The summed E-state index contributed by atoms with van der Waals surface area (Å²) < 4.78 is 0. The highest BCUT2D eigenvalue weighted by Gasteiger charge is 2.29. The Morgan fingerprint density at radius 3 is 2.28 bits per heavy atom. The molecule has 3 nitrogen and oxygen atoms in total. The fraction of sp³-hybridized carbons (Fsp3) is 0.933. The predicted molar refractivity (Wildman–Crippen MR) is 76.2 cm³/mol. The first-order valence-electron chi connectivity index (χ1n) is 7.46. The van der Waals surface area contributed by atoms with Gasteiger partial charge in [0.2, 0.25) is 5.91 Å². The smallest absolute Gasteiger partial charge is 0.223 e. The second-order valence-electron chi connectivity index (χ2n) is 6.37. The lowest BCUT2D eigenvalue weighted by Crippen LogP contribution is -2.48. The average Bonchev–Trinajstić information content (AvgIpc) is 2.27. The van der Waals surface area contributed by atoms with Crippen molar-refractivity contribution in [2.24, 2.45) is 17.6 Å². The first-order chi connectivity index (χ1) is 8.45. The van der Waals surface area contributed by atoms with E-state index in [0.717, 1.165) is 19.3 Å². The van der Waals surface area contributed by atoms with Gasteiger partial charge >= 0.3 is 0 Å². The van der Waals surface area contributed by atoms with Crippen LogP contribution in [0.15, 0.2) is 0 Å². The van der Waals surface area contributed by atoms with Crippen molar-refractivity contribution in [3.63, 3.8) is 0 Å². The Morgan fingerprint density at radius 1 is 1.28 bits per heavy atom. The molecule has 106 valence electrons. The molecular formula is C15H30N2O. The topological polar surface area (TPSA) is 46.3 Å². The maximum absolute atomic E-state index is 12.4. The molecule has 1 aliphatic heterocycles. The number of rotatable bonds is 5. The number of carbonyl (C=O) groups excluding carboxylic acids is 1. The number of nitrogens with two attached hydrogens (primary N) is 1. The highest BCUT2D eigenvalue weighted by Crippen LogP contribution is 2.25. The van der Waals surface area contributed by atoms with E-state index in [1.807, 2.05) is 0 Å². The Balaban J connectivity index is 2.56. The van der Waals surface area contributed by atoms with Crippen molar-refractivity contribution in [3.8, 4) is 0 Å². The molecule has 1 saturated heterocycles. The number of hydrogen-bond donors (Lipinski definition) is 1. The molecule has 0 aromatic rings. The van der Waals surface area contributed by atoms with E-state index < -0.39 is 0 Å². The van der Waals surface area contributed by atoms with E-state index in [9.17, 15) is 4.79 Å². The molecule has 1 heterocycles. The van der Waals surface area contributed by atoms with Crippen LogP contribution in [0.3, 0.4) is 0 Å². The molecule has 1 unspecified atom stereocenters. The first kappa shape index (κ1) is 15.5. The third-order valence-corrected chi connectivity index (χ3v) is 4.08. The van der Waals surface area contributed by atoms with Gasteiger partial charge in [0.25, 0.3) is 0 Å². The number of carbonyl (C=O) groups is 1. The van der Waals surface area contributed by atoms with Gasteiger partial charge in [0.1, 0.15) is 0 Å². The van der Waals surface area contributed by atoms with E-state index >= 15 is 0 Å². The van der Waals surface area contributed by atoms with E-state index in [4.69, 9.17) is 5.73 Å². The summed E-state index contributed by atoms with van der Waals surface area (Å²) in [6, 6.07) is 0.803. The van der Waals surface area contributed by atoms with Gasteiger partial charge in [0.15, 0.2) is 0 Å². The van der Waals surface area contributed by atoms with Gasteiger partial charge in [0.05, 0.1) is 0 Å². The number of likely N-dealkylation sites (tertiary alicyclic amines) is 1. The Morgan fingerprint density at radius 2 is 1.83 bits per heavy atom. The summed E-state index contributed by atoms with van der Waals surface area (Å²) in [6.45, 7) is 9.36. The van der Waals surface area contributed by atoms with Crippen molar-refractivity contribution >= 4 is 5.91 Å². The summed E-state index contributed by atoms with van der Waals surface area (Å²) in [5.74, 6) is 1.27. The minimum atomic E-state index is 0.311. The van der Waals surface area contributed by atoms with Gasteiger partial charge in [-0.3, -0.25) is 4.79 Å². The maximum atomic E-state index is 12.4. The summed E-state index contributed by atoms with van der Waals surface area (Å²) >= 11 is 0. The van der Waals surface area contributed by atoms with Gasteiger partial charge in [-0.2, -0.15) is 0 Å². The van der Waals surface area contributed by atoms with Crippen molar-refractivity contribution in [1.29, 1.82) is 0 Å². The summed E-state index contributed by atoms with van der Waals surface area (Å²) in [5, 5.41) is 0. The number of hydrogen-bond acceptors (Lipinski definition) is 2. The molecule has 18 heavy (non-hydrogen) atoms. The van der Waals surface area contributed by atoms with Crippen LogP contribution in [0.4, 0.5) is 0 Å². The second kappa shape index (κ2) is 7.13. The monoisotopic (exact) mass is 254 g/mol. The number of nitrogens with zero attached hydrogens (tertiary/aromatic N) is 1. The van der Waals surface area contributed by atoms with E-state index in [2.05, 4.69) is 32.6 Å². The van der Waals surface area contributed by atoms with Crippen molar-refractivity contribution in [3.05, 3.63) is 0 Å². The molecule has 1 rings (SSSR count). The number of amides is 1. The molecule has 0 saturated carbocycles. The van der Waals surface area contributed by atoms with Crippen LogP contribution in [0.1, 0.15) is 59.8 Å². The molecule has 0 aliphatic carbocycles. The zero-order chi connectivity index (χ0) is 13.7. The Bertz CT molecular complexity index is 255. The summed E-state index contributed by atoms with van der Waals surface area (Å²) in [6.07, 6.45) is 5.22. The molecule has 0 bridgehead atoms. The molecule has 0 radical (unpaired) electrons. The first-order valence-corrected chi connectivity index (χ1v) is 7.46. The minimum absolute atomic E-state index is 0.311. The van der Waals surface area contributed by atoms with Crippen LogP contribution in [0.2, 0.25) is 0 Å². The van der Waals surface area contributed by atoms with Gasteiger partial charge < -0.3 is 10.6 Å². The minimum Gasteiger partial charge on any atom is -0.337 e. The van der Waals surface area contributed by atoms with Crippen molar-refractivity contribution < 1.29 is 4.79 Å². The lowest BCUT2D eigenvalue weighted by Gasteiger charge is -2.39. The Hall–Kier alpha value is -0.570. The lowest BCUT2D eigenvalue weighted by molar-refractivity contribution is -0.138. The van der Waals surface area contributed by atoms with Crippen LogP contribution < -0.4 is 5.73 Å². The molecule has 0 aromatic heterocycles. The third kappa shape index (κ3) is 4.27. The molecule has 1 amide bonds. The van der Waals surface area contributed by atoms with Crippen molar-refractivity contribution in [2.45, 2.75) is 71.9 Å². The molecule has 3 heteroatoms. The molecule has 1 aliphatic rings. The molecule has 2 N–H and O–H groups in total. The van der Waals surface area contributed by atoms with Crippen molar-refractivity contribution in [1.82, 2.24) is 4.90 Å². The van der Waals surface area contributed by atoms with Crippen LogP contribution in [0, 0.1) is 11.8 Å². The highest BCUT2D eigenvalue weighted by molar-refractivity contribution is 5.77. The van der Waals surface area contributed by atoms with Gasteiger partial charge in [0, 0.05) is 18.5 Å². The SMILES string of the molecule is CC(C)CC(CN)CC(=O)N1[C@H](C)CCC[C@@H]1C. The van der Waals surface area contributed by atoms with Crippen LogP contribution in [-0.2, 0) is 4.79 Å². The zero-order valence-electron chi connectivity index (χ0n) is 12.5. The fourth-order valence-electron chi connectivity index (χ4n) is 3.19. The molecule has 3 atom stereocenters. The Labute approximate surface area is 112 Å². The van der Waals surface area contributed by atoms with E-state index in [-0.39, 0.29) is 0 Å². The zero-order valence-corrected chi connectivity index (χ0v) is 12.5. The van der Waals surface area contributed by atoms with Crippen LogP contribution in [-0.4, -0.2) is 29.4 Å².